The lowest BCUT2D eigenvalue weighted by molar-refractivity contribution is -0.113. The van der Waals surface area contributed by atoms with Crippen LogP contribution in [0.3, 0.4) is 0 Å². The summed E-state index contributed by atoms with van der Waals surface area (Å²) in [4.78, 5) is 13.0. The number of carbonyl (C=O) groups is 1. The van der Waals surface area contributed by atoms with Crippen LogP contribution in [-0.4, -0.2) is 31.0 Å². The summed E-state index contributed by atoms with van der Waals surface area (Å²) in [5.74, 6) is 1.82. The summed E-state index contributed by atoms with van der Waals surface area (Å²) in [5.41, 5.74) is 4.14. The zero-order valence-electron chi connectivity index (χ0n) is 19.0. The number of nitriles is 1. The molecular weight excluding hydrogens is 444 g/mol. The highest BCUT2D eigenvalue weighted by atomic mass is 32.2. The van der Waals surface area contributed by atoms with Gasteiger partial charge in [-0.3, -0.25) is 13.9 Å². The summed E-state index contributed by atoms with van der Waals surface area (Å²) in [7, 11) is 0. The number of amides is 1. The third-order valence-corrected chi connectivity index (χ3v) is 6.97. The van der Waals surface area contributed by atoms with E-state index in [0.717, 1.165) is 41.3 Å². The highest BCUT2D eigenvalue weighted by Crippen LogP contribution is 2.41. The van der Waals surface area contributed by atoms with Crippen molar-refractivity contribution in [3.05, 3.63) is 83.3 Å². The molecule has 34 heavy (non-hydrogen) atoms. The average molecular weight is 469 g/mol. The number of carbonyl (C=O) groups excluding carboxylic acids is 1. The van der Waals surface area contributed by atoms with Crippen LogP contribution in [0.4, 0.5) is 5.82 Å². The van der Waals surface area contributed by atoms with Crippen molar-refractivity contribution in [2.24, 2.45) is 0 Å². The molecule has 0 bridgehead atoms. The van der Waals surface area contributed by atoms with Crippen LogP contribution >= 0.6 is 11.8 Å². The van der Waals surface area contributed by atoms with Crippen LogP contribution in [0.1, 0.15) is 41.4 Å². The number of nitrogens with zero attached hydrogens (tertiary/aromatic N) is 5. The standard InChI is InChI=1S/C26H24N6OS/c1-17-18(2)31(20-9-5-3-6-10-20)25(22(17)15-27)28-23(33)16-34-26-30-29-24(19-13-14-19)32(26)21-11-7-4-8-12-21/h3-12,19H,13-14,16H2,1-2H3,(H,28,33). The van der Waals surface area contributed by atoms with Gasteiger partial charge in [-0.25, -0.2) is 0 Å². The van der Waals surface area contributed by atoms with Gasteiger partial charge in [-0.05, 0) is 56.5 Å². The second-order valence-electron chi connectivity index (χ2n) is 8.34. The molecule has 1 amide bonds. The van der Waals surface area contributed by atoms with Gasteiger partial charge in [-0.15, -0.1) is 10.2 Å². The predicted molar refractivity (Wildman–Crippen MR) is 133 cm³/mol. The summed E-state index contributed by atoms with van der Waals surface area (Å²) in [6.45, 7) is 3.86. The summed E-state index contributed by atoms with van der Waals surface area (Å²) in [5, 5.41) is 22.3. The van der Waals surface area contributed by atoms with Crippen LogP contribution in [0, 0.1) is 25.2 Å². The van der Waals surface area contributed by atoms with E-state index in [1.54, 1.807) is 0 Å². The number of nitrogens with one attached hydrogen (secondary N) is 1. The van der Waals surface area contributed by atoms with Gasteiger partial charge < -0.3 is 5.32 Å². The number of thioether (sulfide) groups is 1. The van der Waals surface area contributed by atoms with Crippen LogP contribution in [0.2, 0.25) is 0 Å². The molecule has 170 valence electrons. The predicted octanol–water partition coefficient (Wildman–Crippen LogP) is 5.15. The van der Waals surface area contributed by atoms with E-state index in [1.165, 1.54) is 11.8 Å². The van der Waals surface area contributed by atoms with Gasteiger partial charge in [-0.1, -0.05) is 48.2 Å². The van der Waals surface area contributed by atoms with Crippen LogP contribution in [0.5, 0.6) is 0 Å². The van der Waals surface area contributed by atoms with Crippen LogP contribution in [0.15, 0.2) is 65.8 Å². The number of benzene rings is 2. The van der Waals surface area contributed by atoms with Gasteiger partial charge in [0.15, 0.2) is 5.16 Å². The summed E-state index contributed by atoms with van der Waals surface area (Å²) in [6, 6.07) is 22.0. The molecule has 1 aliphatic rings. The van der Waals surface area contributed by atoms with Crippen molar-refractivity contribution in [3.8, 4) is 17.4 Å². The number of hydrogen-bond donors (Lipinski definition) is 1. The van der Waals surface area contributed by atoms with E-state index < -0.39 is 0 Å². The Morgan fingerprint density at radius 2 is 1.65 bits per heavy atom. The third-order valence-electron chi connectivity index (χ3n) is 6.05. The number of rotatable bonds is 7. The van der Waals surface area contributed by atoms with E-state index in [1.807, 2.05) is 79.1 Å². The fraction of sp³-hybridized carbons (Fsp3) is 0.231. The highest BCUT2D eigenvalue weighted by Gasteiger charge is 2.31. The first kappa shape index (κ1) is 22.0. The van der Waals surface area contributed by atoms with E-state index in [-0.39, 0.29) is 11.7 Å². The van der Waals surface area contributed by atoms with Crippen molar-refractivity contribution < 1.29 is 4.79 Å². The molecule has 2 heterocycles. The minimum Gasteiger partial charge on any atom is -0.310 e. The quantitative estimate of drug-likeness (QED) is 0.379. The van der Waals surface area contributed by atoms with Crippen molar-refractivity contribution in [1.29, 1.82) is 5.26 Å². The van der Waals surface area contributed by atoms with Gasteiger partial charge in [0, 0.05) is 23.0 Å². The Bertz CT molecular complexity index is 1380. The van der Waals surface area contributed by atoms with Gasteiger partial charge in [0.2, 0.25) is 5.91 Å². The van der Waals surface area contributed by atoms with Crippen LogP contribution in [0.25, 0.3) is 11.4 Å². The molecule has 1 saturated carbocycles. The van der Waals surface area contributed by atoms with E-state index in [2.05, 4.69) is 26.2 Å². The molecule has 0 aliphatic heterocycles. The van der Waals surface area contributed by atoms with Crippen molar-refractivity contribution in [2.75, 3.05) is 11.1 Å². The number of hydrogen-bond acceptors (Lipinski definition) is 5. The maximum absolute atomic E-state index is 13.0. The molecule has 7 nitrogen and oxygen atoms in total. The van der Waals surface area contributed by atoms with Crippen molar-refractivity contribution >= 4 is 23.5 Å². The van der Waals surface area contributed by atoms with Gasteiger partial charge in [0.25, 0.3) is 0 Å². The minimum absolute atomic E-state index is 0.151. The molecule has 2 aromatic heterocycles. The largest absolute Gasteiger partial charge is 0.310 e. The van der Waals surface area contributed by atoms with Crippen molar-refractivity contribution in [1.82, 2.24) is 19.3 Å². The summed E-state index contributed by atoms with van der Waals surface area (Å²) >= 11 is 1.35. The van der Waals surface area contributed by atoms with E-state index in [4.69, 9.17) is 0 Å². The Morgan fingerprint density at radius 1 is 1.03 bits per heavy atom. The van der Waals surface area contributed by atoms with Gasteiger partial charge >= 0.3 is 0 Å². The molecule has 0 saturated heterocycles. The van der Waals surface area contributed by atoms with Crippen molar-refractivity contribution in [2.45, 2.75) is 37.8 Å². The topological polar surface area (TPSA) is 88.5 Å². The molecule has 8 heteroatoms. The monoisotopic (exact) mass is 468 g/mol. The molecule has 0 radical (unpaired) electrons. The van der Waals surface area contributed by atoms with Gasteiger partial charge in [-0.2, -0.15) is 5.26 Å². The Labute approximate surface area is 202 Å². The second-order valence-corrected chi connectivity index (χ2v) is 9.28. The normalized spacial score (nSPS) is 13.0. The first-order chi connectivity index (χ1) is 16.6. The van der Waals surface area contributed by atoms with Crippen LogP contribution < -0.4 is 5.32 Å². The molecule has 2 aromatic carbocycles. The maximum Gasteiger partial charge on any atom is 0.236 e. The van der Waals surface area contributed by atoms with E-state index in [0.29, 0.717) is 22.5 Å². The molecular formula is C26H24N6OS. The maximum atomic E-state index is 13.0. The summed E-state index contributed by atoms with van der Waals surface area (Å²) < 4.78 is 3.98. The zero-order valence-corrected chi connectivity index (χ0v) is 19.8. The minimum atomic E-state index is -0.202. The lowest BCUT2D eigenvalue weighted by Crippen LogP contribution is -2.18. The highest BCUT2D eigenvalue weighted by molar-refractivity contribution is 7.99. The SMILES string of the molecule is Cc1c(C#N)c(NC(=O)CSc2nnc(C3CC3)n2-c2ccccc2)n(-c2ccccc2)c1C. The second kappa shape index (κ2) is 9.20. The molecule has 1 fully saturated rings. The van der Waals surface area contributed by atoms with Crippen molar-refractivity contribution in [3.63, 3.8) is 0 Å². The Kier molecular flexibility index (Phi) is 5.95. The first-order valence-corrected chi connectivity index (χ1v) is 12.2. The van der Waals surface area contributed by atoms with Crippen LogP contribution in [-0.2, 0) is 4.79 Å². The lowest BCUT2D eigenvalue weighted by Gasteiger charge is -2.13. The molecule has 1 aliphatic carbocycles. The number of aromatic nitrogens is 4. The third kappa shape index (κ3) is 4.11. The Morgan fingerprint density at radius 3 is 2.24 bits per heavy atom. The summed E-state index contributed by atoms with van der Waals surface area (Å²) in [6.07, 6.45) is 2.23. The number of para-hydroxylation sites is 2. The van der Waals surface area contributed by atoms with Gasteiger partial charge in [0.1, 0.15) is 17.7 Å². The number of anilines is 1. The molecule has 0 spiro atoms. The lowest BCUT2D eigenvalue weighted by atomic mass is 10.2. The van der Waals surface area contributed by atoms with Gasteiger partial charge in [0.05, 0.1) is 11.3 Å². The fourth-order valence-corrected chi connectivity index (χ4v) is 4.82. The van der Waals surface area contributed by atoms with E-state index >= 15 is 0 Å². The Hall–Kier alpha value is -3.83. The fourth-order valence-electron chi connectivity index (χ4n) is 4.06. The van der Waals surface area contributed by atoms with E-state index in [9.17, 15) is 10.1 Å². The smallest absolute Gasteiger partial charge is 0.236 e. The average Bonchev–Trinajstić information content (AvgIpc) is 3.58. The Balaban J connectivity index is 1.40. The molecule has 0 unspecified atom stereocenters. The molecule has 4 aromatic rings. The first-order valence-electron chi connectivity index (χ1n) is 11.2. The molecule has 0 atom stereocenters. The zero-order chi connectivity index (χ0) is 23.7. The molecule has 1 N–H and O–H groups in total. The molecule has 5 rings (SSSR count).